The van der Waals surface area contributed by atoms with E-state index in [0.29, 0.717) is 12.0 Å². The zero-order valence-corrected chi connectivity index (χ0v) is 12.4. The fourth-order valence-corrected chi connectivity index (χ4v) is 2.61. The summed E-state index contributed by atoms with van der Waals surface area (Å²) in [5, 5.41) is 0. The van der Waals surface area contributed by atoms with Gasteiger partial charge in [-0.25, -0.2) is 4.39 Å². The lowest BCUT2D eigenvalue weighted by Crippen LogP contribution is -2.32. The molecule has 1 aliphatic rings. The summed E-state index contributed by atoms with van der Waals surface area (Å²) in [5.41, 5.74) is 0.474. The maximum absolute atomic E-state index is 14.2. The van der Waals surface area contributed by atoms with Crippen molar-refractivity contribution in [1.82, 2.24) is 0 Å². The van der Waals surface area contributed by atoms with E-state index in [1.807, 2.05) is 0 Å². The zero-order chi connectivity index (χ0) is 15.6. The Balaban J connectivity index is 2.56. The van der Waals surface area contributed by atoms with E-state index < -0.39 is 17.7 Å². The van der Waals surface area contributed by atoms with E-state index in [0.717, 1.165) is 0 Å². The lowest BCUT2D eigenvalue weighted by molar-refractivity contribution is -0.147. The van der Waals surface area contributed by atoms with E-state index in [1.54, 1.807) is 20.8 Å². The fourth-order valence-electron chi connectivity index (χ4n) is 2.61. The molecule has 114 valence electrons. The van der Waals surface area contributed by atoms with Gasteiger partial charge in [0.1, 0.15) is 11.6 Å². The minimum Gasteiger partial charge on any atom is -0.492 e. The van der Waals surface area contributed by atoms with Crippen LogP contribution in [0.5, 0.6) is 5.75 Å². The van der Waals surface area contributed by atoms with Crippen molar-refractivity contribution in [1.29, 1.82) is 0 Å². The smallest absolute Gasteiger partial charge is 0.314 e. The molecule has 0 fully saturated rings. The first-order chi connectivity index (χ1) is 10.0. The Hall–Kier alpha value is -1.91. The Morgan fingerprint density at radius 1 is 1.38 bits per heavy atom. The molecule has 0 bridgehead atoms. The number of ether oxygens (including phenoxy) is 2. The van der Waals surface area contributed by atoms with Crippen molar-refractivity contribution < 1.29 is 23.5 Å². The summed E-state index contributed by atoms with van der Waals surface area (Å²) in [6.07, 6.45) is 0.293. The topological polar surface area (TPSA) is 52.6 Å². The van der Waals surface area contributed by atoms with Crippen LogP contribution in [0.4, 0.5) is 4.39 Å². The van der Waals surface area contributed by atoms with Crippen LogP contribution in [0.15, 0.2) is 12.1 Å². The maximum Gasteiger partial charge on any atom is 0.314 e. The van der Waals surface area contributed by atoms with Gasteiger partial charge in [0.25, 0.3) is 0 Å². The van der Waals surface area contributed by atoms with Crippen molar-refractivity contribution in [3.8, 4) is 5.75 Å². The average molecular weight is 294 g/mol. The lowest BCUT2D eigenvalue weighted by atomic mass is 9.83. The van der Waals surface area contributed by atoms with Crippen LogP contribution in [0.25, 0.3) is 0 Å². The van der Waals surface area contributed by atoms with Gasteiger partial charge in [0.2, 0.25) is 0 Å². The molecule has 0 saturated heterocycles. The van der Waals surface area contributed by atoms with Gasteiger partial charge in [0, 0.05) is 17.9 Å². The Morgan fingerprint density at radius 3 is 2.71 bits per heavy atom. The predicted octanol–water partition coefficient (Wildman–Crippen LogP) is 3.09. The number of rotatable bonds is 4. The molecule has 1 aromatic carbocycles. The number of Topliss-reactive ketones (excluding diaryl/α,β-unsaturated/α-hetero) is 1. The Kier molecular flexibility index (Phi) is 4.60. The molecule has 2 rings (SSSR count). The minimum atomic E-state index is -0.738. The van der Waals surface area contributed by atoms with Gasteiger partial charge in [-0.15, -0.1) is 0 Å². The number of fused-ring (bicyclic) bond motifs is 1. The number of benzene rings is 1. The summed E-state index contributed by atoms with van der Waals surface area (Å²) in [5.74, 6) is -1.91. The van der Waals surface area contributed by atoms with Crippen molar-refractivity contribution in [2.45, 2.75) is 33.1 Å². The molecule has 0 aliphatic carbocycles. The third-order valence-corrected chi connectivity index (χ3v) is 3.68. The number of esters is 1. The number of hydrogen-bond acceptors (Lipinski definition) is 4. The lowest BCUT2D eigenvalue weighted by Gasteiger charge is -2.31. The molecule has 1 aliphatic heterocycles. The minimum absolute atomic E-state index is 0.136. The van der Waals surface area contributed by atoms with Gasteiger partial charge in [-0.3, -0.25) is 9.59 Å². The average Bonchev–Trinajstić information content (AvgIpc) is 2.47. The summed E-state index contributed by atoms with van der Waals surface area (Å²) in [4.78, 5) is 24.1. The van der Waals surface area contributed by atoms with Gasteiger partial charge in [-0.1, -0.05) is 13.8 Å². The second-order valence-electron chi connectivity index (χ2n) is 5.13. The molecule has 1 aromatic rings. The van der Waals surface area contributed by atoms with Gasteiger partial charge >= 0.3 is 5.97 Å². The van der Waals surface area contributed by atoms with Crippen molar-refractivity contribution >= 4 is 11.8 Å². The number of carbonyl (C=O) groups is 2. The summed E-state index contributed by atoms with van der Waals surface area (Å²) < 4.78 is 24.8. The maximum atomic E-state index is 14.2. The van der Waals surface area contributed by atoms with E-state index in [9.17, 15) is 14.0 Å². The van der Waals surface area contributed by atoms with Crippen molar-refractivity contribution in [2.24, 2.45) is 5.92 Å². The highest BCUT2D eigenvalue weighted by Gasteiger charge is 2.38. The fraction of sp³-hybridized carbons (Fsp3) is 0.500. The van der Waals surface area contributed by atoms with Crippen LogP contribution in [-0.2, 0) is 9.53 Å². The van der Waals surface area contributed by atoms with Gasteiger partial charge in [-0.05, 0) is 19.1 Å². The molecule has 0 aromatic heterocycles. The molecule has 0 N–H and O–H groups in total. The quantitative estimate of drug-likeness (QED) is 0.632. The molecule has 5 heteroatoms. The Bertz CT molecular complexity index is 568. The largest absolute Gasteiger partial charge is 0.492 e. The first kappa shape index (κ1) is 15.5. The zero-order valence-electron chi connectivity index (χ0n) is 12.4. The molecule has 0 saturated carbocycles. The summed E-state index contributed by atoms with van der Waals surface area (Å²) >= 11 is 0. The SMILES string of the molecule is CCOC(=O)C1c2c(F)ccc(C(=O)CC)c2OCC1C. The second-order valence-corrected chi connectivity index (χ2v) is 5.13. The number of ketones is 1. The highest BCUT2D eigenvalue weighted by Crippen LogP contribution is 2.41. The molecule has 1 heterocycles. The highest BCUT2D eigenvalue weighted by atomic mass is 19.1. The summed E-state index contributed by atoms with van der Waals surface area (Å²) in [6.45, 7) is 5.72. The molecule has 2 unspecified atom stereocenters. The van der Waals surface area contributed by atoms with Crippen molar-refractivity contribution in [3.63, 3.8) is 0 Å². The molecule has 21 heavy (non-hydrogen) atoms. The molecule has 4 nitrogen and oxygen atoms in total. The van der Waals surface area contributed by atoms with Gasteiger partial charge in [-0.2, -0.15) is 0 Å². The third-order valence-electron chi connectivity index (χ3n) is 3.68. The highest BCUT2D eigenvalue weighted by molar-refractivity contribution is 5.99. The van der Waals surface area contributed by atoms with E-state index in [2.05, 4.69) is 0 Å². The Morgan fingerprint density at radius 2 is 2.10 bits per heavy atom. The first-order valence-electron chi connectivity index (χ1n) is 7.16. The van der Waals surface area contributed by atoms with E-state index in [4.69, 9.17) is 9.47 Å². The van der Waals surface area contributed by atoms with Crippen molar-refractivity contribution in [2.75, 3.05) is 13.2 Å². The molecular weight excluding hydrogens is 275 g/mol. The molecule has 0 spiro atoms. The monoisotopic (exact) mass is 294 g/mol. The van der Waals surface area contributed by atoms with Crippen LogP contribution in [0.2, 0.25) is 0 Å². The van der Waals surface area contributed by atoms with Crippen LogP contribution in [-0.4, -0.2) is 25.0 Å². The van der Waals surface area contributed by atoms with Gasteiger partial charge in [0.15, 0.2) is 5.78 Å². The summed E-state index contributed by atoms with van der Waals surface area (Å²) in [6, 6.07) is 2.63. The van der Waals surface area contributed by atoms with Gasteiger partial charge in [0.05, 0.1) is 24.7 Å². The van der Waals surface area contributed by atoms with Crippen LogP contribution < -0.4 is 4.74 Å². The normalized spacial score (nSPS) is 20.4. The van der Waals surface area contributed by atoms with E-state index in [1.165, 1.54) is 12.1 Å². The van der Waals surface area contributed by atoms with Crippen LogP contribution in [0, 0.1) is 11.7 Å². The molecule has 2 atom stereocenters. The van der Waals surface area contributed by atoms with Crippen LogP contribution >= 0.6 is 0 Å². The Labute approximate surface area is 123 Å². The third kappa shape index (κ3) is 2.77. The van der Waals surface area contributed by atoms with Crippen LogP contribution in [0.1, 0.15) is 49.0 Å². The first-order valence-corrected chi connectivity index (χ1v) is 7.16. The van der Waals surface area contributed by atoms with Crippen molar-refractivity contribution in [3.05, 3.63) is 29.1 Å². The van der Waals surface area contributed by atoms with Gasteiger partial charge < -0.3 is 9.47 Å². The van der Waals surface area contributed by atoms with E-state index in [-0.39, 0.29) is 36.2 Å². The van der Waals surface area contributed by atoms with Crippen LogP contribution in [0.3, 0.4) is 0 Å². The summed E-state index contributed by atoms with van der Waals surface area (Å²) in [7, 11) is 0. The van der Waals surface area contributed by atoms with E-state index >= 15 is 0 Å². The number of halogens is 1. The second kappa shape index (κ2) is 6.24. The standard InChI is InChI=1S/C16H19FO4/c1-4-12(18)10-6-7-11(17)14-13(16(19)20-5-2)9(3)8-21-15(10)14/h6-7,9,13H,4-5,8H2,1-3H3. The molecule has 0 amide bonds. The number of carbonyl (C=O) groups excluding carboxylic acids is 2. The number of hydrogen-bond donors (Lipinski definition) is 0. The predicted molar refractivity (Wildman–Crippen MR) is 75.1 cm³/mol. The molecular formula is C16H19FO4. The molecule has 0 radical (unpaired) electrons.